The van der Waals surface area contributed by atoms with E-state index in [9.17, 15) is 14.7 Å². The number of aromatic amines is 2. The number of phenolic OH excluding ortho intramolecular Hbond substituents is 1. The summed E-state index contributed by atoms with van der Waals surface area (Å²) in [4.78, 5) is 45.1. The van der Waals surface area contributed by atoms with Crippen LogP contribution in [0.2, 0.25) is 0 Å². The molecule has 4 aromatic carbocycles. The first kappa shape index (κ1) is 31.0. The van der Waals surface area contributed by atoms with Crippen LogP contribution in [0.5, 0.6) is 17.2 Å². The number of aromatic hydroxyl groups is 1. The van der Waals surface area contributed by atoms with Gasteiger partial charge in [0.15, 0.2) is 15.9 Å². The van der Waals surface area contributed by atoms with Gasteiger partial charge in [0, 0.05) is 29.6 Å². The molecule has 2 amide bonds. The van der Waals surface area contributed by atoms with Gasteiger partial charge in [0.1, 0.15) is 22.8 Å². The number of thioether (sulfide) groups is 2. The smallest absolute Gasteiger partial charge is 0.234 e. The maximum Gasteiger partial charge on any atom is 0.234 e. The molecular weight excluding hydrogens is 655 g/mol. The van der Waals surface area contributed by atoms with E-state index in [1.807, 2.05) is 36.4 Å². The maximum absolute atomic E-state index is 12.7. The molecule has 15 heteroatoms. The summed E-state index contributed by atoms with van der Waals surface area (Å²) in [6.07, 6.45) is 0. The summed E-state index contributed by atoms with van der Waals surface area (Å²) < 4.78 is 16.4. The minimum atomic E-state index is -0.265. The Balaban J connectivity index is 0.951. The Hall–Kier alpha value is -5.67. The Bertz CT molecular complexity index is 2320. The van der Waals surface area contributed by atoms with Gasteiger partial charge in [-0.25, -0.2) is 15.0 Å². The van der Waals surface area contributed by atoms with Crippen LogP contribution in [0.3, 0.4) is 0 Å². The van der Waals surface area contributed by atoms with Crippen LogP contribution in [0.15, 0.2) is 87.5 Å². The average molecular weight is 682 g/mol. The predicted octanol–water partition coefficient (Wildman–Crippen LogP) is 6.43. The van der Waals surface area contributed by atoms with Crippen molar-refractivity contribution in [1.29, 1.82) is 0 Å². The molecule has 0 bridgehead atoms. The first-order chi connectivity index (χ1) is 23.3. The molecule has 3 aromatic heterocycles. The fourth-order valence-corrected chi connectivity index (χ4v) is 6.26. The summed E-state index contributed by atoms with van der Waals surface area (Å²) >= 11 is 2.54. The molecule has 0 fully saturated rings. The van der Waals surface area contributed by atoms with Gasteiger partial charge in [0.05, 0.1) is 53.4 Å². The van der Waals surface area contributed by atoms with Crippen LogP contribution in [0.25, 0.3) is 44.6 Å². The Morgan fingerprint density at radius 2 is 1.29 bits per heavy atom. The fourth-order valence-electron chi connectivity index (χ4n) is 4.89. The van der Waals surface area contributed by atoms with Crippen LogP contribution in [0, 0.1) is 0 Å². The second kappa shape index (κ2) is 13.2. The molecule has 7 aromatic rings. The van der Waals surface area contributed by atoms with Crippen molar-refractivity contribution in [2.75, 3.05) is 36.4 Å². The molecule has 13 nitrogen and oxygen atoms in total. The SMILES string of the molecule is COc1ccc2nc(SCC(=O)Nc3ccc(-c4nc5cc(NC(=O)CSc6nc7ccc(OC)cc7[nH]6)ccc5o4)c(O)c3)[nH]c2c1. The average Bonchev–Trinajstić information content (AvgIpc) is 3.81. The van der Waals surface area contributed by atoms with E-state index in [1.54, 1.807) is 44.6 Å². The summed E-state index contributed by atoms with van der Waals surface area (Å²) in [6, 6.07) is 20.9. The van der Waals surface area contributed by atoms with E-state index in [-0.39, 0.29) is 35.0 Å². The number of anilines is 2. The minimum absolute atomic E-state index is 0.109. The lowest BCUT2D eigenvalue weighted by molar-refractivity contribution is -0.114. The molecule has 0 saturated heterocycles. The number of methoxy groups -OCH3 is 2. The number of nitrogens with zero attached hydrogens (tertiary/aromatic N) is 3. The number of rotatable bonds is 11. The molecule has 0 aliphatic heterocycles. The Morgan fingerprint density at radius 3 is 1.85 bits per heavy atom. The molecule has 0 unspecified atom stereocenters. The fraction of sp³-hybridized carbons (Fsp3) is 0.121. The number of imidazole rings is 2. The van der Waals surface area contributed by atoms with Crippen molar-refractivity contribution in [3.63, 3.8) is 0 Å². The number of benzene rings is 4. The highest BCUT2D eigenvalue weighted by Gasteiger charge is 2.16. The van der Waals surface area contributed by atoms with Crippen LogP contribution in [0.4, 0.5) is 11.4 Å². The van der Waals surface area contributed by atoms with Crippen molar-refractivity contribution >= 4 is 79.9 Å². The lowest BCUT2D eigenvalue weighted by atomic mass is 10.2. The molecule has 0 aliphatic rings. The zero-order valence-corrected chi connectivity index (χ0v) is 27.1. The van der Waals surface area contributed by atoms with Gasteiger partial charge in [0.2, 0.25) is 17.7 Å². The molecule has 0 spiro atoms. The van der Waals surface area contributed by atoms with Gasteiger partial charge >= 0.3 is 0 Å². The number of ether oxygens (including phenoxy) is 2. The van der Waals surface area contributed by atoms with Crippen LogP contribution in [-0.2, 0) is 9.59 Å². The minimum Gasteiger partial charge on any atom is -0.507 e. The predicted molar refractivity (Wildman–Crippen MR) is 185 cm³/mol. The van der Waals surface area contributed by atoms with Crippen LogP contribution >= 0.6 is 23.5 Å². The number of amides is 2. The molecule has 242 valence electrons. The van der Waals surface area contributed by atoms with Crippen molar-refractivity contribution in [3.8, 4) is 28.7 Å². The third-order valence-corrected chi connectivity index (χ3v) is 8.94. The van der Waals surface area contributed by atoms with E-state index in [0.717, 1.165) is 27.8 Å². The van der Waals surface area contributed by atoms with E-state index in [4.69, 9.17) is 13.9 Å². The number of nitrogens with one attached hydrogen (secondary N) is 4. The topological polar surface area (TPSA) is 180 Å². The molecule has 0 aliphatic carbocycles. The zero-order valence-electron chi connectivity index (χ0n) is 25.5. The number of hydrogen-bond acceptors (Lipinski definition) is 11. The molecule has 5 N–H and O–H groups in total. The Morgan fingerprint density at radius 1 is 0.729 bits per heavy atom. The number of oxazole rings is 1. The molecular formula is C33H27N7O6S2. The molecule has 0 atom stereocenters. The third-order valence-electron chi connectivity index (χ3n) is 7.20. The van der Waals surface area contributed by atoms with Gasteiger partial charge < -0.3 is 39.6 Å². The summed E-state index contributed by atoms with van der Waals surface area (Å²) in [5, 5.41) is 17.6. The number of H-pyrrole nitrogens is 2. The normalized spacial score (nSPS) is 11.3. The second-order valence-corrected chi connectivity index (χ2v) is 12.4. The van der Waals surface area contributed by atoms with Crippen molar-refractivity contribution in [2.45, 2.75) is 10.3 Å². The van der Waals surface area contributed by atoms with Crippen molar-refractivity contribution in [1.82, 2.24) is 24.9 Å². The van der Waals surface area contributed by atoms with Gasteiger partial charge in [-0.15, -0.1) is 0 Å². The third kappa shape index (κ3) is 6.72. The first-order valence-electron chi connectivity index (χ1n) is 14.5. The maximum atomic E-state index is 12.7. The summed E-state index contributed by atoms with van der Waals surface area (Å²) in [6.45, 7) is 0. The number of hydrogen-bond donors (Lipinski definition) is 5. The first-order valence-corrected chi connectivity index (χ1v) is 16.5. The molecule has 3 heterocycles. The molecule has 0 radical (unpaired) electrons. The lowest BCUT2D eigenvalue weighted by Gasteiger charge is -2.07. The quantitative estimate of drug-likeness (QED) is 0.0950. The molecule has 0 saturated carbocycles. The number of aromatic nitrogens is 5. The number of fused-ring (bicyclic) bond motifs is 3. The number of carbonyl (C=O) groups is 2. The van der Waals surface area contributed by atoms with Gasteiger partial charge in [-0.2, -0.15) is 0 Å². The van der Waals surface area contributed by atoms with Crippen LogP contribution < -0.4 is 20.1 Å². The van der Waals surface area contributed by atoms with Gasteiger partial charge in [-0.05, 0) is 54.6 Å². The van der Waals surface area contributed by atoms with Crippen LogP contribution in [-0.4, -0.2) is 67.6 Å². The van der Waals surface area contributed by atoms with E-state index < -0.39 is 0 Å². The Kier molecular flexibility index (Phi) is 8.52. The highest BCUT2D eigenvalue weighted by molar-refractivity contribution is 8.00. The highest BCUT2D eigenvalue weighted by atomic mass is 32.2. The lowest BCUT2D eigenvalue weighted by Crippen LogP contribution is -2.14. The van der Waals surface area contributed by atoms with Crippen molar-refractivity contribution < 1.29 is 28.6 Å². The monoisotopic (exact) mass is 681 g/mol. The molecule has 7 rings (SSSR count). The summed E-state index contributed by atoms with van der Waals surface area (Å²) in [7, 11) is 3.20. The number of phenols is 1. The Labute approximate surface area is 280 Å². The summed E-state index contributed by atoms with van der Waals surface area (Å²) in [5.41, 5.74) is 5.49. The standard InChI is InChI=1S/C33H27N7O6S2/c1-44-19-5-8-22-24(13-19)39-32(37-22)47-15-29(42)34-17-4-10-28-26(11-17)36-31(46-28)21-7-3-18(12-27(21)41)35-30(43)16-48-33-38-23-9-6-20(45-2)14-25(23)40-33/h3-14,41H,15-16H2,1-2H3,(H,34,42)(H,35,43)(H,37,39)(H,38,40). The van der Waals surface area contributed by atoms with Gasteiger partial charge in [-0.1, -0.05) is 23.5 Å². The molecule has 48 heavy (non-hydrogen) atoms. The number of carbonyl (C=O) groups excluding carboxylic acids is 2. The second-order valence-electron chi connectivity index (χ2n) is 10.5. The van der Waals surface area contributed by atoms with E-state index >= 15 is 0 Å². The van der Waals surface area contributed by atoms with Crippen molar-refractivity contribution in [3.05, 3.63) is 72.8 Å². The summed E-state index contributed by atoms with van der Waals surface area (Å²) in [5.74, 6) is 1.28. The van der Waals surface area contributed by atoms with Gasteiger partial charge in [-0.3, -0.25) is 9.59 Å². The van der Waals surface area contributed by atoms with Crippen LogP contribution in [0.1, 0.15) is 0 Å². The van der Waals surface area contributed by atoms with E-state index in [1.165, 1.54) is 29.6 Å². The van der Waals surface area contributed by atoms with Crippen molar-refractivity contribution in [2.24, 2.45) is 0 Å². The van der Waals surface area contributed by atoms with E-state index in [0.29, 0.717) is 44.1 Å². The van der Waals surface area contributed by atoms with E-state index in [2.05, 4.69) is 35.6 Å². The largest absolute Gasteiger partial charge is 0.507 e. The highest BCUT2D eigenvalue weighted by Crippen LogP contribution is 2.34. The zero-order chi connectivity index (χ0) is 33.2. The van der Waals surface area contributed by atoms with Gasteiger partial charge in [0.25, 0.3) is 0 Å².